The normalized spacial score (nSPS) is 9.97. The third-order valence-electron chi connectivity index (χ3n) is 4.99. The van der Waals surface area contributed by atoms with Crippen LogP contribution in [0.2, 0.25) is 0 Å². The van der Waals surface area contributed by atoms with Gasteiger partial charge in [-0.1, -0.05) is 71.1 Å². The van der Waals surface area contributed by atoms with Gasteiger partial charge in [0.05, 0.1) is 7.11 Å². The van der Waals surface area contributed by atoms with Crippen molar-refractivity contribution < 1.29 is 9.30 Å². The summed E-state index contributed by atoms with van der Waals surface area (Å²) >= 11 is 10.3. The van der Waals surface area contributed by atoms with Crippen molar-refractivity contribution in [2.75, 3.05) is 7.11 Å². The molecule has 0 amide bonds. The number of aromatic nitrogens is 1. The molecule has 168 valence electrons. The summed E-state index contributed by atoms with van der Waals surface area (Å²) in [5, 5.41) is 0. The van der Waals surface area contributed by atoms with E-state index in [1.807, 2.05) is 71.6 Å². The van der Waals surface area contributed by atoms with Crippen molar-refractivity contribution in [1.29, 1.82) is 0 Å². The molecular formula is C28H28N2OS2. The van der Waals surface area contributed by atoms with E-state index in [9.17, 15) is 0 Å². The number of methoxy groups -OCH3 is 1. The van der Waals surface area contributed by atoms with Crippen LogP contribution in [0.4, 0.5) is 0 Å². The van der Waals surface area contributed by atoms with Gasteiger partial charge in [-0.25, -0.2) is 4.57 Å². The highest BCUT2D eigenvalue weighted by Gasteiger charge is 2.04. The monoisotopic (exact) mass is 472 g/mol. The Morgan fingerprint density at radius 1 is 0.727 bits per heavy atom. The van der Waals surface area contributed by atoms with Gasteiger partial charge in [-0.2, -0.15) is 0 Å². The maximum Gasteiger partial charge on any atom is 0.173 e. The molecule has 0 atom stereocenters. The quantitative estimate of drug-likeness (QED) is 0.199. The second-order valence-corrected chi connectivity index (χ2v) is 8.52. The van der Waals surface area contributed by atoms with Gasteiger partial charge < -0.3 is 34.5 Å². The van der Waals surface area contributed by atoms with Gasteiger partial charge in [0.25, 0.3) is 0 Å². The molecule has 0 saturated carbocycles. The molecule has 33 heavy (non-hydrogen) atoms. The molecule has 1 heterocycles. The fraction of sp³-hybridized carbons (Fsp3) is 0.143. The van der Waals surface area contributed by atoms with Crippen molar-refractivity contribution in [3.63, 3.8) is 0 Å². The van der Waals surface area contributed by atoms with Crippen molar-refractivity contribution in [3.8, 4) is 5.75 Å². The van der Waals surface area contributed by atoms with Crippen LogP contribution in [0.25, 0.3) is 0 Å². The largest absolute Gasteiger partial charge is 0.497 e. The number of rotatable bonds is 7. The maximum atomic E-state index is 5.16. The molecule has 0 saturated heterocycles. The molecule has 0 spiro atoms. The lowest BCUT2D eigenvalue weighted by Gasteiger charge is -2.28. The van der Waals surface area contributed by atoms with Gasteiger partial charge in [-0.3, -0.25) is 0 Å². The van der Waals surface area contributed by atoms with E-state index in [2.05, 4.69) is 53.4 Å². The molecule has 0 aliphatic rings. The van der Waals surface area contributed by atoms with E-state index in [1.54, 1.807) is 7.11 Å². The highest BCUT2D eigenvalue weighted by molar-refractivity contribution is 8.00. The maximum absolute atomic E-state index is 5.16. The first-order valence-corrected chi connectivity index (χ1v) is 11.6. The van der Waals surface area contributed by atoms with E-state index in [-0.39, 0.29) is 0 Å². The van der Waals surface area contributed by atoms with E-state index in [4.69, 9.17) is 29.6 Å². The summed E-state index contributed by atoms with van der Waals surface area (Å²) in [5.41, 5.74) is 3.72. The van der Waals surface area contributed by atoms with Crippen molar-refractivity contribution in [2.24, 2.45) is 0 Å². The van der Waals surface area contributed by atoms with Crippen LogP contribution in [0.15, 0.2) is 116 Å². The minimum Gasteiger partial charge on any atom is -0.497 e. The number of hydrogen-bond donors (Lipinski definition) is 0. The molecular weight excluding hydrogens is 444 g/mol. The second kappa shape index (κ2) is 13.3. The zero-order chi connectivity index (χ0) is 23.3. The third kappa shape index (κ3) is 8.64. The molecule has 1 aromatic heterocycles. The number of ether oxygens (including phenoxy) is 1. The molecule has 0 aliphatic carbocycles. The van der Waals surface area contributed by atoms with E-state index < -0.39 is 0 Å². The minimum atomic E-state index is 0.516. The summed E-state index contributed by atoms with van der Waals surface area (Å²) in [6, 6.07) is 34.7. The number of pyridine rings is 1. The van der Waals surface area contributed by atoms with Gasteiger partial charge in [0, 0.05) is 30.8 Å². The lowest BCUT2D eigenvalue weighted by molar-refractivity contribution is -0.688. The van der Waals surface area contributed by atoms with E-state index in [0.717, 1.165) is 25.4 Å². The molecule has 4 aromatic rings. The summed E-state index contributed by atoms with van der Waals surface area (Å²) in [6.45, 7) is 2.42. The molecule has 3 nitrogen and oxygen atoms in total. The molecule has 0 unspecified atom stereocenters. The predicted molar refractivity (Wildman–Crippen MR) is 141 cm³/mol. The molecule has 3 aromatic carbocycles. The Morgan fingerprint density at radius 3 is 1.67 bits per heavy atom. The zero-order valence-electron chi connectivity index (χ0n) is 18.7. The summed E-state index contributed by atoms with van der Waals surface area (Å²) in [6.07, 6.45) is 4.12. The van der Waals surface area contributed by atoms with Crippen LogP contribution in [0.3, 0.4) is 0 Å². The van der Waals surface area contributed by atoms with Gasteiger partial charge >= 0.3 is 0 Å². The number of nitrogens with zero attached hydrogens (tertiary/aromatic N) is 2. The van der Waals surface area contributed by atoms with Crippen molar-refractivity contribution in [2.45, 2.75) is 19.6 Å². The van der Waals surface area contributed by atoms with Gasteiger partial charge in [-0.15, -0.1) is 0 Å². The Labute approximate surface area is 207 Å². The fourth-order valence-electron chi connectivity index (χ4n) is 3.27. The van der Waals surface area contributed by atoms with E-state index in [1.165, 1.54) is 16.7 Å². The Balaban J connectivity index is 0.000000189. The molecule has 5 heteroatoms. The van der Waals surface area contributed by atoms with Crippen LogP contribution in [0, 0.1) is 0 Å². The summed E-state index contributed by atoms with van der Waals surface area (Å²) in [5.74, 6) is 0.900. The van der Waals surface area contributed by atoms with Crippen LogP contribution in [0.1, 0.15) is 16.7 Å². The average molecular weight is 473 g/mol. The van der Waals surface area contributed by atoms with E-state index >= 15 is 0 Å². The van der Waals surface area contributed by atoms with Crippen LogP contribution in [-0.4, -0.2) is 16.3 Å². The lowest BCUT2D eigenvalue weighted by atomic mass is 10.2. The van der Waals surface area contributed by atoms with E-state index in [0.29, 0.717) is 4.32 Å². The van der Waals surface area contributed by atoms with Gasteiger partial charge in [0.1, 0.15) is 5.75 Å². The lowest BCUT2D eigenvalue weighted by Crippen LogP contribution is -2.32. The number of thiocarbonyl (C=S) groups is 1. The number of benzene rings is 3. The van der Waals surface area contributed by atoms with Crippen LogP contribution in [-0.2, 0) is 32.3 Å². The van der Waals surface area contributed by atoms with Gasteiger partial charge in [0.2, 0.25) is 0 Å². The van der Waals surface area contributed by atoms with Gasteiger partial charge in [-0.05, 0) is 35.4 Å². The smallest absolute Gasteiger partial charge is 0.173 e. The molecule has 0 aliphatic heterocycles. The third-order valence-corrected chi connectivity index (χ3v) is 5.51. The number of hydrogen-bond acceptors (Lipinski definition) is 3. The summed E-state index contributed by atoms with van der Waals surface area (Å²) in [7, 11) is 1.68. The molecule has 0 fully saturated rings. The predicted octanol–water partition coefficient (Wildman–Crippen LogP) is 5.55. The Bertz CT molecular complexity index is 1050. The fourth-order valence-corrected chi connectivity index (χ4v) is 3.53. The molecule has 0 bridgehead atoms. The highest BCUT2D eigenvalue weighted by Crippen LogP contribution is 2.11. The topological polar surface area (TPSA) is 16.4 Å². The zero-order valence-corrected chi connectivity index (χ0v) is 20.3. The van der Waals surface area contributed by atoms with Crippen molar-refractivity contribution >= 4 is 29.2 Å². The first-order chi connectivity index (χ1) is 16.1. The van der Waals surface area contributed by atoms with Crippen molar-refractivity contribution in [3.05, 3.63) is 132 Å². The van der Waals surface area contributed by atoms with Crippen molar-refractivity contribution in [1.82, 2.24) is 4.90 Å². The SMILES string of the molecule is COc1ccc(C[n+]2ccccc2)cc1.S=C([S-])N(Cc1ccccc1)Cc1ccccc1. The van der Waals surface area contributed by atoms with Gasteiger partial charge in [0.15, 0.2) is 18.9 Å². The summed E-state index contributed by atoms with van der Waals surface area (Å²) < 4.78 is 7.77. The first-order valence-electron chi connectivity index (χ1n) is 10.7. The first kappa shape index (κ1) is 24.4. The molecule has 4 rings (SSSR count). The average Bonchev–Trinajstić information content (AvgIpc) is 2.86. The van der Waals surface area contributed by atoms with Crippen LogP contribution >= 0.6 is 12.2 Å². The minimum absolute atomic E-state index is 0.516. The molecule has 0 radical (unpaired) electrons. The standard InChI is InChI=1S/C15H15NS2.C13H14NO/c17-15(18)16(11-13-7-3-1-4-8-13)12-14-9-5-2-6-10-14;1-15-13-7-5-12(6-8-13)11-14-9-3-2-4-10-14/h1-10H,11-12H2,(H,17,18);2-10H,11H2,1H3/q;+1/p-1. The van der Waals surface area contributed by atoms with Crippen LogP contribution in [0.5, 0.6) is 5.75 Å². The Kier molecular flexibility index (Phi) is 9.83. The van der Waals surface area contributed by atoms with Crippen LogP contribution < -0.4 is 9.30 Å². The Morgan fingerprint density at radius 2 is 1.21 bits per heavy atom. The summed E-state index contributed by atoms with van der Waals surface area (Å²) in [4.78, 5) is 2.04. The highest BCUT2D eigenvalue weighted by atomic mass is 32.1. The molecule has 0 N–H and O–H groups in total. The second-order valence-electron chi connectivity index (χ2n) is 7.49. The Hall–Kier alpha value is -3.28.